The number of benzene rings is 1. The van der Waals surface area contributed by atoms with Gasteiger partial charge < -0.3 is 9.31 Å². The molecule has 1 heterocycles. The van der Waals surface area contributed by atoms with E-state index in [0.29, 0.717) is 0 Å². The maximum atomic E-state index is 6.01. The molecular formula is C14H16BIO2S. The van der Waals surface area contributed by atoms with E-state index in [1.165, 1.54) is 8.93 Å². The number of hydrogen-bond acceptors (Lipinski definition) is 3. The molecule has 0 aliphatic carbocycles. The first-order chi connectivity index (χ1) is 8.86. The van der Waals surface area contributed by atoms with Crippen LogP contribution < -0.4 is 5.46 Å². The third-order valence-corrected chi connectivity index (χ3v) is 4.51. The second-order valence-electron chi connectivity index (χ2n) is 5.51. The Bertz CT molecular complexity index is 500. The zero-order valence-corrected chi connectivity index (χ0v) is 14.5. The number of halogens is 1. The van der Waals surface area contributed by atoms with E-state index in [4.69, 9.17) is 9.31 Å². The van der Waals surface area contributed by atoms with Crippen LogP contribution in [0.5, 0.6) is 0 Å². The summed E-state index contributed by atoms with van der Waals surface area (Å²) in [5.41, 5.74) is 1.44. The second-order valence-corrected chi connectivity index (χ2v) is 7.19. The van der Waals surface area contributed by atoms with E-state index in [0.717, 1.165) is 11.0 Å². The highest BCUT2D eigenvalue weighted by Crippen LogP contribution is 2.36. The van der Waals surface area contributed by atoms with Crippen LogP contribution in [0.4, 0.5) is 0 Å². The summed E-state index contributed by atoms with van der Waals surface area (Å²) in [7, 11) is 1.18. The van der Waals surface area contributed by atoms with Gasteiger partial charge in [-0.3, -0.25) is 0 Å². The van der Waals surface area contributed by atoms with Gasteiger partial charge in [-0.05, 0) is 59.5 Å². The largest absolute Gasteiger partial charge is 0.494 e. The van der Waals surface area contributed by atoms with Gasteiger partial charge in [-0.25, -0.2) is 0 Å². The second kappa shape index (κ2) is 5.68. The van der Waals surface area contributed by atoms with Crippen LogP contribution in [0.25, 0.3) is 0 Å². The van der Waals surface area contributed by atoms with Crippen LogP contribution in [-0.4, -0.2) is 18.3 Å². The standard InChI is InChI=1S/C14H16BIO2S/c1-13(2)14(3,4)18-15(17-13)12-7-5-11(6-8-12)9-10-19-16/h5-8H,1-4H3. The average molecular weight is 386 g/mol. The zero-order chi connectivity index (χ0) is 14.1. The molecule has 0 saturated carbocycles. The summed E-state index contributed by atoms with van der Waals surface area (Å²) in [5.74, 6) is 3.07. The summed E-state index contributed by atoms with van der Waals surface area (Å²) in [6.45, 7) is 8.24. The van der Waals surface area contributed by atoms with Crippen molar-refractivity contribution in [2.24, 2.45) is 0 Å². The lowest BCUT2D eigenvalue weighted by atomic mass is 9.79. The molecule has 19 heavy (non-hydrogen) atoms. The van der Waals surface area contributed by atoms with E-state index in [9.17, 15) is 0 Å². The molecule has 2 rings (SSSR count). The van der Waals surface area contributed by atoms with Gasteiger partial charge in [-0.1, -0.05) is 18.1 Å². The Hall–Kier alpha value is -0.155. The Balaban J connectivity index is 2.17. The molecule has 5 heteroatoms. The molecule has 1 aromatic carbocycles. The maximum absolute atomic E-state index is 6.01. The van der Waals surface area contributed by atoms with Crippen LogP contribution in [0.1, 0.15) is 33.3 Å². The van der Waals surface area contributed by atoms with Crippen molar-refractivity contribution in [3.8, 4) is 11.2 Å². The summed E-state index contributed by atoms with van der Waals surface area (Å²) in [6, 6.07) is 8.04. The summed E-state index contributed by atoms with van der Waals surface area (Å²) in [6.07, 6.45) is 0. The van der Waals surface area contributed by atoms with Crippen molar-refractivity contribution in [2.75, 3.05) is 0 Å². The molecule has 1 aliphatic rings. The van der Waals surface area contributed by atoms with E-state index in [1.807, 2.05) is 24.3 Å². The van der Waals surface area contributed by atoms with Crippen molar-refractivity contribution in [2.45, 2.75) is 38.9 Å². The Morgan fingerprint density at radius 2 is 1.58 bits per heavy atom. The third kappa shape index (κ3) is 3.30. The molecule has 0 unspecified atom stereocenters. The van der Waals surface area contributed by atoms with Crippen molar-refractivity contribution in [3.05, 3.63) is 29.8 Å². The van der Waals surface area contributed by atoms with Gasteiger partial charge in [-0.2, -0.15) is 0 Å². The van der Waals surface area contributed by atoms with Crippen LogP contribution in [0.15, 0.2) is 24.3 Å². The van der Waals surface area contributed by atoms with Crippen molar-refractivity contribution >= 4 is 42.7 Å². The lowest BCUT2D eigenvalue weighted by molar-refractivity contribution is 0.00578. The van der Waals surface area contributed by atoms with Gasteiger partial charge in [0.1, 0.15) is 0 Å². The van der Waals surface area contributed by atoms with E-state index >= 15 is 0 Å². The molecule has 1 saturated heterocycles. The molecule has 0 spiro atoms. The molecule has 0 amide bonds. The quantitative estimate of drug-likeness (QED) is 0.419. The van der Waals surface area contributed by atoms with Crippen molar-refractivity contribution in [1.82, 2.24) is 0 Å². The van der Waals surface area contributed by atoms with E-state index < -0.39 is 0 Å². The highest BCUT2D eigenvalue weighted by Gasteiger charge is 2.51. The fraction of sp³-hybridized carbons (Fsp3) is 0.429. The van der Waals surface area contributed by atoms with E-state index in [-0.39, 0.29) is 18.3 Å². The van der Waals surface area contributed by atoms with E-state index in [2.05, 4.69) is 60.1 Å². The van der Waals surface area contributed by atoms with Crippen molar-refractivity contribution < 1.29 is 9.31 Å². The third-order valence-electron chi connectivity index (χ3n) is 3.67. The minimum Gasteiger partial charge on any atom is -0.399 e. The molecular weight excluding hydrogens is 370 g/mol. The molecule has 0 aromatic heterocycles. The molecule has 100 valence electrons. The average Bonchev–Trinajstić information content (AvgIpc) is 2.56. The first-order valence-electron chi connectivity index (χ1n) is 6.10. The number of rotatable bonds is 1. The van der Waals surface area contributed by atoms with Crippen LogP contribution in [0.2, 0.25) is 0 Å². The fourth-order valence-electron chi connectivity index (χ4n) is 1.78. The molecule has 0 N–H and O–H groups in total. The monoisotopic (exact) mass is 386 g/mol. The lowest BCUT2D eigenvalue weighted by Gasteiger charge is -2.32. The highest BCUT2D eigenvalue weighted by molar-refractivity contribution is 14.2. The van der Waals surface area contributed by atoms with Crippen LogP contribution in [0, 0.1) is 11.2 Å². The predicted molar refractivity (Wildman–Crippen MR) is 90.6 cm³/mol. The van der Waals surface area contributed by atoms with Gasteiger partial charge in [0, 0.05) is 26.8 Å². The SMILES string of the molecule is CC1(C)OB(c2ccc(C#CSI)cc2)OC1(C)C. The molecule has 0 radical (unpaired) electrons. The summed E-state index contributed by atoms with van der Waals surface area (Å²) < 4.78 is 12.0. The molecule has 0 bridgehead atoms. The van der Waals surface area contributed by atoms with Crippen molar-refractivity contribution in [3.63, 3.8) is 0 Å². The molecule has 1 aromatic rings. The van der Waals surface area contributed by atoms with Gasteiger partial charge in [0.05, 0.1) is 11.2 Å². The van der Waals surface area contributed by atoms with Crippen LogP contribution in [-0.2, 0) is 9.31 Å². The Labute approximate surface area is 131 Å². The predicted octanol–water partition coefficient (Wildman–Crippen LogP) is 3.38. The van der Waals surface area contributed by atoms with Gasteiger partial charge in [0.15, 0.2) is 0 Å². The Kier molecular flexibility index (Phi) is 4.56. The minimum atomic E-state index is -0.300. The molecule has 2 nitrogen and oxygen atoms in total. The normalized spacial score (nSPS) is 19.9. The minimum absolute atomic E-state index is 0.298. The van der Waals surface area contributed by atoms with Gasteiger partial charge in [0.25, 0.3) is 0 Å². The van der Waals surface area contributed by atoms with Crippen LogP contribution >= 0.6 is 30.1 Å². The Morgan fingerprint density at radius 1 is 1.05 bits per heavy atom. The molecule has 1 fully saturated rings. The summed E-state index contributed by atoms with van der Waals surface area (Å²) >= 11 is 2.16. The van der Waals surface area contributed by atoms with Gasteiger partial charge in [-0.15, -0.1) is 0 Å². The fourth-order valence-corrected chi connectivity index (χ4v) is 2.27. The lowest BCUT2D eigenvalue weighted by Crippen LogP contribution is -2.41. The van der Waals surface area contributed by atoms with Gasteiger partial charge in [0.2, 0.25) is 0 Å². The first kappa shape index (κ1) is 15.2. The molecule has 0 atom stereocenters. The zero-order valence-electron chi connectivity index (χ0n) is 11.5. The summed E-state index contributed by atoms with van der Waals surface area (Å²) in [4.78, 5) is 0. The van der Waals surface area contributed by atoms with Crippen LogP contribution in [0.3, 0.4) is 0 Å². The Morgan fingerprint density at radius 3 is 2.05 bits per heavy atom. The van der Waals surface area contributed by atoms with Gasteiger partial charge >= 0.3 is 7.12 Å². The summed E-state index contributed by atoms with van der Waals surface area (Å²) in [5, 5.41) is 2.97. The maximum Gasteiger partial charge on any atom is 0.494 e. The highest BCUT2D eigenvalue weighted by atomic mass is 127. The topological polar surface area (TPSA) is 18.5 Å². The first-order valence-corrected chi connectivity index (χ1v) is 9.46. The number of hydrogen-bond donors (Lipinski definition) is 0. The van der Waals surface area contributed by atoms with Crippen molar-refractivity contribution in [1.29, 1.82) is 0 Å². The smallest absolute Gasteiger partial charge is 0.399 e. The van der Waals surface area contributed by atoms with E-state index in [1.54, 1.807) is 0 Å². The molecule has 1 aliphatic heterocycles.